The number of imide groups is 1. The molecule has 3 aliphatic rings. The van der Waals surface area contributed by atoms with Gasteiger partial charge in [-0.15, -0.1) is 0 Å². The van der Waals surface area contributed by atoms with Crippen LogP contribution in [0.4, 0.5) is 5.69 Å². The first-order valence-electron chi connectivity index (χ1n) is 14.2. The van der Waals surface area contributed by atoms with Crippen molar-refractivity contribution in [3.63, 3.8) is 0 Å². The number of benzene rings is 1. The van der Waals surface area contributed by atoms with Gasteiger partial charge in [-0.05, 0) is 62.1 Å². The number of aryl methyl sites for hydroxylation is 1. The van der Waals surface area contributed by atoms with E-state index in [0.29, 0.717) is 31.3 Å². The average Bonchev–Trinajstić information content (AvgIpc) is 3.23. The number of hydrogen-bond donors (Lipinski definition) is 1. The van der Waals surface area contributed by atoms with E-state index in [1.807, 2.05) is 11.7 Å². The molecule has 3 heterocycles. The van der Waals surface area contributed by atoms with E-state index in [0.717, 1.165) is 75.0 Å². The molecule has 5 rings (SSSR count). The summed E-state index contributed by atoms with van der Waals surface area (Å²) in [5, 5.41) is 8.11. The maximum absolute atomic E-state index is 12.4. The Kier molecular flexibility index (Phi) is 8.02. The number of rotatable bonds is 7. The molecular formula is C29H41N5O4. The first-order chi connectivity index (χ1) is 18.3. The third kappa shape index (κ3) is 5.87. The molecule has 1 aliphatic carbocycles. The molecule has 1 aromatic carbocycles. The maximum Gasteiger partial charge on any atom is 0.308 e. The van der Waals surface area contributed by atoms with E-state index >= 15 is 0 Å². The van der Waals surface area contributed by atoms with Gasteiger partial charge in [0.1, 0.15) is 0 Å². The smallest absolute Gasteiger partial charge is 0.308 e. The Labute approximate surface area is 224 Å². The molecule has 9 heteroatoms. The van der Waals surface area contributed by atoms with Crippen LogP contribution in [0.25, 0.3) is 10.9 Å². The third-order valence-electron chi connectivity index (χ3n) is 8.43. The fraction of sp³-hybridized carbons (Fsp3) is 0.655. The van der Waals surface area contributed by atoms with Crippen LogP contribution in [0.5, 0.6) is 0 Å². The van der Waals surface area contributed by atoms with Crippen molar-refractivity contribution < 1.29 is 19.1 Å². The second-order valence-electron chi connectivity index (χ2n) is 11.7. The zero-order chi connectivity index (χ0) is 26.8. The monoisotopic (exact) mass is 523 g/mol. The number of hydrogen-bond acceptors (Lipinski definition) is 7. The molecule has 0 bridgehead atoms. The normalized spacial score (nSPS) is 25.2. The number of esters is 1. The molecule has 1 atom stereocenters. The molecule has 3 fully saturated rings. The summed E-state index contributed by atoms with van der Waals surface area (Å²) in [7, 11) is 1.91. The number of carbonyl (C=O) groups is 3. The van der Waals surface area contributed by atoms with Crippen LogP contribution in [-0.4, -0.2) is 71.8 Å². The molecule has 2 saturated heterocycles. The predicted molar refractivity (Wildman–Crippen MR) is 146 cm³/mol. The summed E-state index contributed by atoms with van der Waals surface area (Å²) >= 11 is 0. The van der Waals surface area contributed by atoms with Crippen LogP contribution in [0.15, 0.2) is 18.2 Å². The molecule has 1 aromatic heterocycles. The van der Waals surface area contributed by atoms with Crippen molar-refractivity contribution in [3.05, 3.63) is 23.9 Å². The van der Waals surface area contributed by atoms with Crippen LogP contribution in [-0.2, 0) is 26.2 Å². The van der Waals surface area contributed by atoms with Crippen LogP contribution in [0.2, 0.25) is 0 Å². The van der Waals surface area contributed by atoms with Crippen molar-refractivity contribution in [1.29, 1.82) is 0 Å². The summed E-state index contributed by atoms with van der Waals surface area (Å²) in [6, 6.07) is 6.38. The lowest BCUT2D eigenvalue weighted by Gasteiger charge is -2.39. The number of carbonyl (C=O) groups excluding carboxylic acids is 3. The Morgan fingerprint density at radius 1 is 1.08 bits per heavy atom. The van der Waals surface area contributed by atoms with Crippen molar-refractivity contribution in [1.82, 2.24) is 20.0 Å². The number of amides is 2. The summed E-state index contributed by atoms with van der Waals surface area (Å²) < 4.78 is 7.32. The minimum Gasteiger partial charge on any atom is -0.465 e. The van der Waals surface area contributed by atoms with Gasteiger partial charge >= 0.3 is 5.97 Å². The van der Waals surface area contributed by atoms with Crippen LogP contribution in [0.3, 0.4) is 0 Å². The van der Waals surface area contributed by atoms with E-state index in [-0.39, 0.29) is 29.6 Å². The standard InChI is InChI=1S/C29H41N5O4/c1-19(2)18-38-29(37)21-6-4-20(5-7-21)17-33-12-14-34(15-13-33)22-8-9-23-25(16-22)32(3)31-27(23)24-10-11-26(35)30-28(24)36/h8-9,16,19-21,24H,4-7,10-15,17-18H2,1-3H3,(H,30,35,36). The Balaban J connectivity index is 1.13. The Bertz CT molecular complexity index is 1180. The minimum atomic E-state index is -0.383. The second-order valence-corrected chi connectivity index (χ2v) is 11.7. The third-order valence-corrected chi connectivity index (χ3v) is 8.43. The molecule has 206 valence electrons. The highest BCUT2D eigenvalue weighted by atomic mass is 16.5. The molecule has 9 nitrogen and oxygen atoms in total. The quantitative estimate of drug-likeness (QED) is 0.440. The van der Waals surface area contributed by atoms with Crippen LogP contribution < -0.4 is 10.2 Å². The van der Waals surface area contributed by atoms with E-state index in [1.54, 1.807) is 0 Å². The van der Waals surface area contributed by atoms with Gasteiger partial charge in [-0.1, -0.05) is 13.8 Å². The highest BCUT2D eigenvalue weighted by Gasteiger charge is 2.32. The van der Waals surface area contributed by atoms with Gasteiger partial charge in [0.2, 0.25) is 11.8 Å². The summed E-state index contributed by atoms with van der Waals surface area (Å²) in [6.07, 6.45) is 4.97. The molecule has 38 heavy (non-hydrogen) atoms. The van der Waals surface area contributed by atoms with Gasteiger partial charge in [-0.25, -0.2) is 0 Å². The van der Waals surface area contributed by atoms with E-state index in [4.69, 9.17) is 4.74 Å². The number of nitrogens with one attached hydrogen (secondary N) is 1. The fourth-order valence-electron chi connectivity index (χ4n) is 6.18. The average molecular weight is 524 g/mol. The minimum absolute atomic E-state index is 0.000356. The Morgan fingerprint density at radius 2 is 1.82 bits per heavy atom. The topological polar surface area (TPSA) is 96.8 Å². The summed E-state index contributed by atoms with van der Waals surface area (Å²) in [4.78, 5) is 41.3. The highest BCUT2D eigenvalue weighted by Crippen LogP contribution is 2.33. The molecule has 2 aromatic rings. The van der Waals surface area contributed by atoms with Crippen LogP contribution in [0.1, 0.15) is 64.0 Å². The van der Waals surface area contributed by atoms with Gasteiger partial charge in [0, 0.05) is 57.3 Å². The van der Waals surface area contributed by atoms with Crippen molar-refractivity contribution in [2.45, 2.75) is 58.3 Å². The van der Waals surface area contributed by atoms with Gasteiger partial charge in [-0.2, -0.15) is 5.10 Å². The number of aromatic nitrogens is 2. The Morgan fingerprint density at radius 3 is 2.50 bits per heavy atom. The van der Waals surface area contributed by atoms with E-state index < -0.39 is 0 Å². The second kappa shape index (κ2) is 11.4. The van der Waals surface area contributed by atoms with Crippen molar-refractivity contribution in [2.75, 3.05) is 44.2 Å². The summed E-state index contributed by atoms with van der Waals surface area (Å²) in [5.74, 6) is 0.289. The van der Waals surface area contributed by atoms with Gasteiger partial charge in [0.05, 0.1) is 29.7 Å². The van der Waals surface area contributed by atoms with Crippen LogP contribution >= 0.6 is 0 Å². The lowest BCUT2D eigenvalue weighted by atomic mass is 9.81. The summed E-state index contributed by atoms with van der Waals surface area (Å²) in [6.45, 7) is 9.78. The molecule has 2 amide bonds. The fourth-order valence-corrected chi connectivity index (χ4v) is 6.18. The molecule has 2 aliphatic heterocycles. The molecule has 0 radical (unpaired) electrons. The van der Waals surface area contributed by atoms with Crippen molar-refractivity contribution in [2.24, 2.45) is 24.8 Å². The molecule has 0 spiro atoms. The molecule has 1 N–H and O–H groups in total. The van der Waals surface area contributed by atoms with Gasteiger partial charge in [0.15, 0.2) is 0 Å². The maximum atomic E-state index is 12.4. The molecule has 1 saturated carbocycles. The van der Waals surface area contributed by atoms with Crippen LogP contribution in [0, 0.1) is 17.8 Å². The van der Waals surface area contributed by atoms with E-state index in [9.17, 15) is 14.4 Å². The number of anilines is 1. The zero-order valence-electron chi connectivity index (χ0n) is 22.9. The SMILES string of the molecule is CC(C)COC(=O)C1CCC(CN2CCN(c3ccc4c(C5CCC(=O)NC5=O)nn(C)c4c3)CC2)CC1. The van der Waals surface area contributed by atoms with Gasteiger partial charge in [-0.3, -0.25) is 29.3 Å². The largest absolute Gasteiger partial charge is 0.465 e. The Hall–Kier alpha value is -2.94. The van der Waals surface area contributed by atoms with Crippen molar-refractivity contribution >= 4 is 34.4 Å². The first-order valence-corrected chi connectivity index (χ1v) is 14.2. The van der Waals surface area contributed by atoms with Gasteiger partial charge in [0.25, 0.3) is 0 Å². The summed E-state index contributed by atoms with van der Waals surface area (Å²) in [5.41, 5.74) is 2.94. The van der Waals surface area contributed by atoms with Crippen molar-refractivity contribution in [3.8, 4) is 0 Å². The van der Waals surface area contributed by atoms with E-state index in [2.05, 4.69) is 52.3 Å². The predicted octanol–water partition coefficient (Wildman–Crippen LogP) is 3.22. The highest BCUT2D eigenvalue weighted by molar-refractivity contribution is 6.02. The number of piperazine rings is 1. The number of fused-ring (bicyclic) bond motifs is 1. The zero-order valence-corrected chi connectivity index (χ0v) is 22.9. The number of piperidine rings is 1. The van der Waals surface area contributed by atoms with Gasteiger partial charge < -0.3 is 9.64 Å². The number of ether oxygens (including phenoxy) is 1. The number of nitrogens with zero attached hydrogens (tertiary/aromatic N) is 4. The lowest BCUT2D eigenvalue weighted by Crippen LogP contribution is -2.48. The lowest BCUT2D eigenvalue weighted by molar-refractivity contribution is -0.151. The molecular weight excluding hydrogens is 482 g/mol. The first kappa shape index (κ1) is 26.7. The molecule has 1 unspecified atom stereocenters. The van der Waals surface area contributed by atoms with E-state index in [1.165, 1.54) is 5.69 Å².